The molecule has 0 saturated carbocycles. The Morgan fingerprint density at radius 1 is 1.15 bits per heavy atom. The van der Waals surface area contributed by atoms with Crippen molar-refractivity contribution in [2.45, 2.75) is 6.54 Å². The topological polar surface area (TPSA) is 144 Å². The lowest BCUT2D eigenvalue weighted by Gasteiger charge is -2.04. The normalized spacial score (nSPS) is 10.7. The predicted molar refractivity (Wildman–Crippen MR) is 92.0 cm³/mol. The highest BCUT2D eigenvalue weighted by Crippen LogP contribution is 2.25. The molecule has 10 nitrogen and oxygen atoms in total. The van der Waals surface area contributed by atoms with Gasteiger partial charge in [0.25, 0.3) is 17.3 Å². The summed E-state index contributed by atoms with van der Waals surface area (Å²) < 4.78 is 0. The molecule has 2 N–H and O–H groups in total. The fourth-order valence-electron chi connectivity index (χ4n) is 2.31. The molecule has 0 fully saturated rings. The number of hydrogen-bond donors (Lipinski definition) is 2. The number of carbonyl (C=O) groups excluding carboxylic acids is 1. The number of hydrogen-bond acceptors (Lipinski definition) is 6. The summed E-state index contributed by atoms with van der Waals surface area (Å²) in [6.07, 6.45) is 0. The maximum Gasteiger partial charge on any atom is 0.288 e. The van der Waals surface area contributed by atoms with Crippen LogP contribution in [-0.2, 0) is 6.54 Å². The van der Waals surface area contributed by atoms with Gasteiger partial charge >= 0.3 is 0 Å². The number of amides is 1. The zero-order valence-corrected chi connectivity index (χ0v) is 13.7. The number of nitrogens with one attached hydrogen (secondary N) is 2. The minimum atomic E-state index is -0.675. The fourth-order valence-corrected chi connectivity index (χ4v) is 2.49. The zero-order chi connectivity index (χ0) is 18.8. The van der Waals surface area contributed by atoms with Crippen LogP contribution in [0.25, 0.3) is 11.0 Å². The second kappa shape index (κ2) is 6.76. The molecule has 132 valence electrons. The van der Waals surface area contributed by atoms with Crippen LogP contribution in [0.1, 0.15) is 16.2 Å². The van der Waals surface area contributed by atoms with Crippen molar-refractivity contribution in [3.63, 3.8) is 0 Å². The Morgan fingerprint density at radius 2 is 1.92 bits per heavy atom. The smallest absolute Gasteiger partial charge is 0.288 e. The molecule has 0 atom stereocenters. The molecule has 0 saturated heterocycles. The minimum Gasteiger partial charge on any atom is -0.345 e. The van der Waals surface area contributed by atoms with Crippen molar-refractivity contribution >= 4 is 39.9 Å². The molecular weight excluding hydrogens is 366 g/mol. The first kappa shape index (κ1) is 17.3. The molecule has 0 aliphatic heterocycles. The Hall–Kier alpha value is -3.53. The molecular formula is C15H10ClN5O5. The molecule has 3 rings (SSSR count). The Balaban J connectivity index is 1.75. The van der Waals surface area contributed by atoms with Gasteiger partial charge in [0.1, 0.15) is 10.8 Å². The third-order valence-corrected chi connectivity index (χ3v) is 3.87. The van der Waals surface area contributed by atoms with Crippen LogP contribution in [0.3, 0.4) is 0 Å². The Kier molecular flexibility index (Phi) is 4.50. The third-order valence-electron chi connectivity index (χ3n) is 3.55. The quantitative estimate of drug-likeness (QED) is 0.518. The van der Waals surface area contributed by atoms with E-state index in [9.17, 15) is 25.0 Å². The molecule has 0 spiro atoms. The van der Waals surface area contributed by atoms with Crippen LogP contribution in [0.4, 0.5) is 11.4 Å². The predicted octanol–water partition coefficient (Wildman–Crippen LogP) is 2.96. The van der Waals surface area contributed by atoms with Crippen LogP contribution in [0.15, 0.2) is 36.4 Å². The van der Waals surface area contributed by atoms with Crippen LogP contribution in [0, 0.1) is 20.2 Å². The molecule has 0 unspecified atom stereocenters. The molecule has 3 aromatic rings. The van der Waals surface area contributed by atoms with Crippen molar-refractivity contribution in [2.75, 3.05) is 0 Å². The number of imidazole rings is 1. The summed E-state index contributed by atoms with van der Waals surface area (Å²) in [5.74, 6) is -0.159. The van der Waals surface area contributed by atoms with Crippen molar-refractivity contribution in [1.29, 1.82) is 0 Å². The van der Waals surface area contributed by atoms with E-state index >= 15 is 0 Å². The minimum absolute atomic E-state index is 0.0116. The van der Waals surface area contributed by atoms with Gasteiger partial charge in [0.05, 0.1) is 27.4 Å². The lowest BCUT2D eigenvalue weighted by Crippen LogP contribution is -2.23. The van der Waals surface area contributed by atoms with Gasteiger partial charge in [-0.25, -0.2) is 4.98 Å². The van der Waals surface area contributed by atoms with Crippen molar-refractivity contribution in [1.82, 2.24) is 15.3 Å². The number of halogens is 1. The van der Waals surface area contributed by atoms with Crippen LogP contribution >= 0.6 is 11.6 Å². The van der Waals surface area contributed by atoms with E-state index in [1.54, 1.807) is 0 Å². The highest BCUT2D eigenvalue weighted by molar-refractivity contribution is 6.32. The highest BCUT2D eigenvalue weighted by Gasteiger charge is 2.16. The average Bonchev–Trinajstić information content (AvgIpc) is 3.01. The van der Waals surface area contributed by atoms with E-state index in [0.29, 0.717) is 16.9 Å². The average molecular weight is 376 g/mol. The summed E-state index contributed by atoms with van der Waals surface area (Å²) in [6, 6.07) is 7.90. The van der Waals surface area contributed by atoms with Gasteiger partial charge in [-0.2, -0.15) is 0 Å². The number of aromatic amines is 1. The SMILES string of the molecule is O=C(NCc1nc2ccc([N+](=O)[O-])cc2[nH]1)c1ccc(Cl)c([N+](=O)[O-])c1. The second-order valence-corrected chi connectivity index (χ2v) is 5.66. The highest BCUT2D eigenvalue weighted by atomic mass is 35.5. The Bertz CT molecular complexity index is 1050. The van der Waals surface area contributed by atoms with Gasteiger partial charge in [-0.15, -0.1) is 0 Å². The van der Waals surface area contributed by atoms with Crippen molar-refractivity contribution in [2.24, 2.45) is 0 Å². The van der Waals surface area contributed by atoms with Gasteiger partial charge < -0.3 is 10.3 Å². The number of non-ortho nitro benzene ring substituents is 1. The van der Waals surface area contributed by atoms with Gasteiger partial charge in [0.15, 0.2) is 0 Å². The molecule has 2 aromatic carbocycles. The number of benzene rings is 2. The fraction of sp³-hybridized carbons (Fsp3) is 0.0667. The van der Waals surface area contributed by atoms with E-state index in [-0.39, 0.29) is 28.5 Å². The summed E-state index contributed by atoms with van der Waals surface area (Å²) in [4.78, 5) is 39.7. The number of nitro benzene ring substituents is 2. The van der Waals surface area contributed by atoms with Gasteiger partial charge in [-0.05, 0) is 18.2 Å². The van der Waals surface area contributed by atoms with Gasteiger partial charge in [0.2, 0.25) is 0 Å². The van der Waals surface area contributed by atoms with E-state index in [1.165, 1.54) is 30.3 Å². The van der Waals surface area contributed by atoms with Crippen LogP contribution in [0.2, 0.25) is 5.02 Å². The number of nitrogens with zero attached hydrogens (tertiary/aromatic N) is 3. The molecule has 26 heavy (non-hydrogen) atoms. The molecule has 0 bridgehead atoms. The Labute approximate surface area is 150 Å². The molecule has 1 aromatic heterocycles. The van der Waals surface area contributed by atoms with Crippen molar-refractivity contribution < 1.29 is 14.6 Å². The number of nitro groups is 2. The molecule has 0 aliphatic carbocycles. The molecule has 1 amide bonds. The lowest BCUT2D eigenvalue weighted by molar-refractivity contribution is -0.384. The standard InChI is InChI=1S/C15H10ClN5O5/c16-10-3-1-8(5-13(10)21(25)26)15(22)17-7-14-18-11-4-2-9(20(23)24)6-12(11)19-14/h1-6H,7H2,(H,17,22)(H,18,19). The summed E-state index contributed by atoms with van der Waals surface area (Å²) in [5.41, 5.74) is 0.612. The van der Waals surface area contributed by atoms with E-state index < -0.39 is 15.8 Å². The largest absolute Gasteiger partial charge is 0.345 e. The molecule has 11 heteroatoms. The second-order valence-electron chi connectivity index (χ2n) is 5.25. The maximum atomic E-state index is 12.2. The van der Waals surface area contributed by atoms with Gasteiger partial charge in [-0.1, -0.05) is 11.6 Å². The molecule has 1 heterocycles. The van der Waals surface area contributed by atoms with Crippen LogP contribution in [-0.4, -0.2) is 25.7 Å². The van der Waals surface area contributed by atoms with Crippen molar-refractivity contribution in [3.05, 3.63) is 73.0 Å². The van der Waals surface area contributed by atoms with E-state index in [1.807, 2.05) is 0 Å². The van der Waals surface area contributed by atoms with E-state index in [2.05, 4.69) is 15.3 Å². The monoisotopic (exact) mass is 375 g/mol. The first-order valence-electron chi connectivity index (χ1n) is 7.20. The number of fused-ring (bicyclic) bond motifs is 1. The number of H-pyrrole nitrogens is 1. The van der Waals surface area contributed by atoms with Crippen LogP contribution < -0.4 is 5.32 Å². The lowest BCUT2D eigenvalue weighted by atomic mass is 10.2. The Morgan fingerprint density at radius 3 is 2.62 bits per heavy atom. The zero-order valence-electron chi connectivity index (χ0n) is 12.9. The summed E-state index contributed by atoms with van der Waals surface area (Å²) in [6.45, 7) is 0.0116. The van der Waals surface area contributed by atoms with Gasteiger partial charge in [-0.3, -0.25) is 25.0 Å². The first-order chi connectivity index (χ1) is 12.3. The molecule has 0 aliphatic rings. The first-order valence-corrected chi connectivity index (χ1v) is 7.58. The number of carbonyl (C=O) groups is 1. The number of rotatable bonds is 5. The number of aromatic nitrogens is 2. The summed E-state index contributed by atoms with van der Waals surface area (Å²) in [7, 11) is 0. The van der Waals surface area contributed by atoms with Crippen molar-refractivity contribution in [3.8, 4) is 0 Å². The van der Waals surface area contributed by atoms with E-state index in [4.69, 9.17) is 11.6 Å². The van der Waals surface area contributed by atoms with E-state index in [0.717, 1.165) is 6.07 Å². The summed E-state index contributed by atoms with van der Waals surface area (Å²) in [5, 5.41) is 24.2. The third kappa shape index (κ3) is 3.44. The molecule has 0 radical (unpaired) electrons. The van der Waals surface area contributed by atoms with Crippen LogP contribution in [0.5, 0.6) is 0 Å². The maximum absolute atomic E-state index is 12.2. The summed E-state index contributed by atoms with van der Waals surface area (Å²) >= 11 is 5.71. The van der Waals surface area contributed by atoms with Gasteiger partial charge in [0, 0.05) is 23.8 Å².